The lowest BCUT2D eigenvalue weighted by Crippen LogP contribution is -2.49. The summed E-state index contributed by atoms with van der Waals surface area (Å²) in [5.74, 6) is -2.39. The highest BCUT2D eigenvalue weighted by molar-refractivity contribution is 8.00. The minimum Gasteiger partial charge on any atom is -0.493 e. The van der Waals surface area contributed by atoms with Crippen molar-refractivity contribution in [2.24, 2.45) is 35.5 Å². The Morgan fingerprint density at radius 1 is 1.08 bits per heavy atom. The zero-order valence-corrected chi connectivity index (χ0v) is 22.4. The molecule has 1 saturated heterocycles. The van der Waals surface area contributed by atoms with Crippen molar-refractivity contribution in [2.45, 2.75) is 42.5 Å². The first-order chi connectivity index (χ1) is 17.7. The van der Waals surface area contributed by atoms with Gasteiger partial charge in [-0.2, -0.15) is 0 Å². The molecule has 37 heavy (non-hydrogen) atoms. The van der Waals surface area contributed by atoms with Crippen LogP contribution in [0.5, 0.6) is 11.5 Å². The molecule has 2 N–H and O–H groups in total. The van der Waals surface area contributed by atoms with E-state index < -0.39 is 29.8 Å². The highest BCUT2D eigenvalue weighted by atomic mass is 32.2. The van der Waals surface area contributed by atoms with Crippen LogP contribution in [0.15, 0.2) is 28.0 Å². The van der Waals surface area contributed by atoms with Crippen LogP contribution in [0.4, 0.5) is 0 Å². The van der Waals surface area contributed by atoms with Crippen molar-refractivity contribution in [3.05, 3.63) is 38.3 Å². The molecule has 2 bridgehead atoms. The van der Waals surface area contributed by atoms with Crippen LogP contribution < -0.4 is 14.3 Å². The second-order valence-electron chi connectivity index (χ2n) is 10.6. The van der Waals surface area contributed by atoms with Crippen LogP contribution in [-0.4, -0.2) is 58.3 Å². The van der Waals surface area contributed by atoms with E-state index in [0.29, 0.717) is 11.5 Å². The second kappa shape index (κ2) is 8.62. The fraction of sp³-hybridized carbons (Fsp3) is 0.538. The van der Waals surface area contributed by atoms with E-state index in [2.05, 4.69) is 4.98 Å². The summed E-state index contributed by atoms with van der Waals surface area (Å²) >= 11 is 2.79. The maximum Gasteiger partial charge on any atom is 0.327 e. The van der Waals surface area contributed by atoms with Crippen LogP contribution in [-0.2, 0) is 14.4 Å². The zero-order valence-electron chi connectivity index (χ0n) is 20.8. The third-order valence-electron chi connectivity index (χ3n) is 8.69. The van der Waals surface area contributed by atoms with Crippen molar-refractivity contribution in [1.29, 1.82) is 0 Å². The van der Waals surface area contributed by atoms with Crippen molar-refractivity contribution < 1.29 is 29.0 Å². The fourth-order valence-electron chi connectivity index (χ4n) is 7.43. The number of likely N-dealkylation sites (tertiary alicyclic amines) is 1. The van der Waals surface area contributed by atoms with Gasteiger partial charge >= 0.3 is 10.8 Å². The number of aliphatic carboxylic acids is 1. The maximum atomic E-state index is 13.7. The molecular weight excluding hydrogens is 516 g/mol. The lowest BCUT2D eigenvalue weighted by Gasteiger charge is -2.43. The zero-order chi connectivity index (χ0) is 26.3. The van der Waals surface area contributed by atoms with E-state index in [9.17, 15) is 24.3 Å². The number of thiazole rings is 1. The molecule has 0 spiro atoms. The van der Waals surface area contributed by atoms with E-state index in [1.54, 1.807) is 39.8 Å². The van der Waals surface area contributed by atoms with Gasteiger partial charge in [-0.3, -0.25) is 19.3 Å². The van der Waals surface area contributed by atoms with Crippen LogP contribution in [0.2, 0.25) is 0 Å². The van der Waals surface area contributed by atoms with Gasteiger partial charge < -0.3 is 19.6 Å². The van der Waals surface area contributed by atoms with Crippen molar-refractivity contribution in [1.82, 2.24) is 9.88 Å². The molecule has 0 radical (unpaired) electrons. The fourth-order valence-corrected chi connectivity index (χ4v) is 10.3. The number of ether oxygens (including phenoxy) is 2. The number of imide groups is 1. The summed E-state index contributed by atoms with van der Waals surface area (Å²) in [6, 6.07) is 4.59. The van der Waals surface area contributed by atoms with Gasteiger partial charge in [0.15, 0.2) is 11.5 Å². The number of carbonyl (C=O) groups is 3. The Balaban J connectivity index is 1.45. The molecule has 0 unspecified atom stereocenters. The molecule has 3 heterocycles. The second-order valence-corrected chi connectivity index (χ2v) is 12.9. The predicted molar refractivity (Wildman–Crippen MR) is 136 cm³/mol. The van der Waals surface area contributed by atoms with Gasteiger partial charge in [-0.15, -0.1) is 11.8 Å². The van der Waals surface area contributed by atoms with E-state index in [4.69, 9.17) is 9.47 Å². The molecule has 2 saturated carbocycles. The molecule has 6 rings (SSSR count). The molecule has 2 aromatic rings. The number of carboxylic acids is 1. The lowest BCUT2D eigenvalue weighted by atomic mass is 9.68. The van der Waals surface area contributed by atoms with Crippen molar-refractivity contribution in [2.75, 3.05) is 14.2 Å². The number of hydrogen-bond donors (Lipinski definition) is 2. The minimum atomic E-state index is -1.17. The van der Waals surface area contributed by atoms with Gasteiger partial charge in [-0.05, 0) is 47.8 Å². The van der Waals surface area contributed by atoms with Crippen LogP contribution in [0.3, 0.4) is 0 Å². The molecule has 3 fully saturated rings. The third kappa shape index (κ3) is 3.35. The molecule has 9 nitrogen and oxygen atoms in total. The standard InChI is InChI=1S/C26H28N2O7S2/c1-9(2)19(25(31)32)28-23(29)17-11-8-12(18(17)24(28)30)20-16(11)15(21-22(36-20)27-26(33)37-21)10-5-6-13(34-3)14(7-10)35-4/h5-7,9,11-12,15-20H,8H2,1-4H3,(H,27,33)(H,31,32)/t11-,12+,15+,16+,17+,18-,19+,20-/m1/s1. The number of H-pyrrole nitrogens is 1. The number of nitrogens with one attached hydrogen (secondary N) is 1. The molecular formula is C26H28N2O7S2. The number of rotatable bonds is 6. The summed E-state index contributed by atoms with van der Waals surface area (Å²) in [4.78, 5) is 56.7. The molecule has 2 amide bonds. The van der Waals surface area contributed by atoms with Crippen LogP contribution >= 0.6 is 23.1 Å². The highest BCUT2D eigenvalue weighted by Gasteiger charge is 2.70. The largest absolute Gasteiger partial charge is 0.493 e. The number of methoxy groups -OCH3 is 2. The van der Waals surface area contributed by atoms with Gasteiger partial charge in [0.1, 0.15) is 6.04 Å². The SMILES string of the molecule is COc1ccc([C@@H]2c3sc(=O)[nH]c3S[C@@H]3[C@H]4C[C@@H]([C@@H]5C(=O)N([C@H](C(=O)O)C(C)C)C(=O)[C@H]45)[C@@H]23)cc1OC. The molecule has 2 aliphatic heterocycles. The van der Waals surface area contributed by atoms with Gasteiger partial charge in [0.25, 0.3) is 0 Å². The summed E-state index contributed by atoms with van der Waals surface area (Å²) in [6.07, 6.45) is 0.741. The lowest BCUT2D eigenvalue weighted by molar-refractivity contribution is -0.157. The van der Waals surface area contributed by atoms with E-state index in [1.807, 2.05) is 18.2 Å². The summed E-state index contributed by atoms with van der Waals surface area (Å²) in [7, 11) is 3.15. The summed E-state index contributed by atoms with van der Waals surface area (Å²) < 4.78 is 11.0. The van der Waals surface area contributed by atoms with Crippen molar-refractivity contribution >= 4 is 40.9 Å². The Hall–Kier alpha value is -2.79. The van der Waals surface area contributed by atoms with Crippen LogP contribution in [0.1, 0.15) is 36.6 Å². The number of nitrogens with zero attached hydrogens (tertiary/aromatic N) is 1. The number of thioether (sulfide) groups is 1. The number of aromatic nitrogens is 1. The van der Waals surface area contributed by atoms with E-state index >= 15 is 0 Å². The molecule has 1 aromatic heterocycles. The molecule has 2 aliphatic carbocycles. The molecule has 8 atom stereocenters. The first-order valence-electron chi connectivity index (χ1n) is 12.4. The third-order valence-corrected chi connectivity index (χ3v) is 11.3. The van der Waals surface area contributed by atoms with Crippen LogP contribution in [0, 0.1) is 35.5 Å². The van der Waals surface area contributed by atoms with Gasteiger partial charge in [0, 0.05) is 16.0 Å². The van der Waals surface area contributed by atoms with Gasteiger partial charge in [0.05, 0.1) is 31.1 Å². The molecule has 1 aromatic carbocycles. The van der Waals surface area contributed by atoms with Gasteiger partial charge in [-0.25, -0.2) is 4.79 Å². The Morgan fingerprint density at radius 3 is 2.38 bits per heavy atom. The quantitative estimate of drug-likeness (QED) is 0.532. The first kappa shape index (κ1) is 24.5. The van der Waals surface area contributed by atoms with Crippen LogP contribution in [0.25, 0.3) is 0 Å². The van der Waals surface area contributed by atoms with E-state index in [-0.39, 0.29) is 45.6 Å². The van der Waals surface area contributed by atoms with E-state index in [0.717, 1.165) is 26.8 Å². The average Bonchev–Trinajstić information content (AvgIpc) is 3.58. The maximum absolute atomic E-state index is 13.7. The van der Waals surface area contributed by atoms with Gasteiger partial charge in [0.2, 0.25) is 11.8 Å². The number of hydrogen-bond acceptors (Lipinski definition) is 8. The summed E-state index contributed by atoms with van der Waals surface area (Å²) in [5.41, 5.74) is 0.966. The van der Waals surface area contributed by atoms with Crippen molar-refractivity contribution in [3.8, 4) is 11.5 Å². The number of aromatic amines is 1. The Kier molecular flexibility index (Phi) is 5.72. The normalized spacial score (nSPS) is 32.4. The Morgan fingerprint density at radius 2 is 1.76 bits per heavy atom. The number of carboxylic acid groups (broad SMARTS) is 1. The van der Waals surface area contributed by atoms with Crippen molar-refractivity contribution in [3.63, 3.8) is 0 Å². The average molecular weight is 545 g/mol. The highest BCUT2D eigenvalue weighted by Crippen LogP contribution is 2.68. The number of fused-ring (bicyclic) bond motifs is 9. The predicted octanol–water partition coefficient (Wildman–Crippen LogP) is 3.04. The Labute approximate surface area is 221 Å². The topological polar surface area (TPSA) is 126 Å². The molecule has 196 valence electrons. The molecule has 11 heteroatoms. The monoisotopic (exact) mass is 544 g/mol. The Bertz CT molecular complexity index is 1370. The minimum absolute atomic E-state index is 0.0207. The summed E-state index contributed by atoms with van der Waals surface area (Å²) in [5, 5.41) is 10.7. The number of benzene rings is 1. The summed E-state index contributed by atoms with van der Waals surface area (Å²) in [6.45, 7) is 3.44. The smallest absolute Gasteiger partial charge is 0.327 e. The molecule has 4 aliphatic rings. The number of amides is 2. The van der Waals surface area contributed by atoms with E-state index in [1.165, 1.54) is 11.3 Å². The van der Waals surface area contributed by atoms with Gasteiger partial charge in [-0.1, -0.05) is 31.3 Å². The first-order valence-corrected chi connectivity index (χ1v) is 14.1. The number of carbonyl (C=O) groups excluding carboxylic acids is 2.